The molecule has 0 spiro atoms. The molecule has 2 rings (SSSR count). The molecule has 1 aromatic carbocycles. The van der Waals surface area contributed by atoms with E-state index in [0.29, 0.717) is 36.6 Å². The van der Waals surface area contributed by atoms with Gasteiger partial charge >= 0.3 is 5.97 Å². The lowest BCUT2D eigenvalue weighted by atomic mass is 9.98. The Labute approximate surface area is 121 Å². The number of aliphatic carboxylic acids is 1. The number of hydrogen-bond donors (Lipinski definition) is 2. The largest absolute Gasteiger partial charge is 0.479 e. The Kier molecular flexibility index (Phi) is 4.98. The fourth-order valence-corrected chi connectivity index (χ4v) is 2.45. The zero-order valence-corrected chi connectivity index (χ0v) is 11.6. The molecule has 0 aliphatic carbocycles. The van der Waals surface area contributed by atoms with Gasteiger partial charge < -0.3 is 15.2 Å². The predicted octanol–water partition coefficient (Wildman–Crippen LogP) is 2.01. The number of amides is 1. The fourth-order valence-electron chi connectivity index (χ4n) is 2.20. The molecule has 0 aromatic heterocycles. The van der Waals surface area contributed by atoms with Crippen molar-refractivity contribution in [1.29, 1.82) is 0 Å². The van der Waals surface area contributed by atoms with Gasteiger partial charge in [0.25, 0.3) is 0 Å². The van der Waals surface area contributed by atoms with Crippen LogP contribution in [0.2, 0.25) is 5.02 Å². The minimum Gasteiger partial charge on any atom is -0.479 e. The first kappa shape index (κ1) is 14.8. The van der Waals surface area contributed by atoms with Crippen molar-refractivity contribution in [1.82, 2.24) is 5.32 Å². The minimum absolute atomic E-state index is 0.201. The van der Waals surface area contributed by atoms with Gasteiger partial charge in [0.2, 0.25) is 5.91 Å². The molecule has 1 fully saturated rings. The van der Waals surface area contributed by atoms with E-state index >= 15 is 0 Å². The average molecular weight is 298 g/mol. The molecular weight excluding hydrogens is 282 g/mol. The molecule has 0 saturated carbocycles. The molecule has 1 saturated heterocycles. The van der Waals surface area contributed by atoms with E-state index in [1.165, 1.54) is 0 Å². The van der Waals surface area contributed by atoms with Crippen molar-refractivity contribution in [2.75, 3.05) is 13.2 Å². The van der Waals surface area contributed by atoms with Crippen LogP contribution in [0.4, 0.5) is 0 Å². The zero-order valence-electron chi connectivity index (χ0n) is 10.8. The van der Waals surface area contributed by atoms with Gasteiger partial charge in [0.05, 0.1) is 0 Å². The Balaban J connectivity index is 2.12. The van der Waals surface area contributed by atoms with Crippen LogP contribution < -0.4 is 5.32 Å². The molecule has 1 aromatic rings. The summed E-state index contributed by atoms with van der Waals surface area (Å²) in [6, 6.07) is 5.49. The van der Waals surface area contributed by atoms with E-state index in [2.05, 4.69) is 5.32 Å². The lowest BCUT2D eigenvalue weighted by Crippen LogP contribution is -2.39. The third-order valence-electron chi connectivity index (χ3n) is 3.34. The minimum atomic E-state index is -1.13. The zero-order chi connectivity index (χ0) is 14.5. The van der Waals surface area contributed by atoms with Crippen molar-refractivity contribution in [3.8, 4) is 0 Å². The van der Waals surface area contributed by atoms with Crippen LogP contribution in [0.3, 0.4) is 0 Å². The summed E-state index contributed by atoms with van der Waals surface area (Å²) in [5, 5.41) is 12.2. The molecule has 1 heterocycles. The number of carbonyl (C=O) groups is 2. The van der Waals surface area contributed by atoms with E-state index < -0.39 is 12.0 Å². The topological polar surface area (TPSA) is 75.6 Å². The Morgan fingerprint density at radius 3 is 2.55 bits per heavy atom. The van der Waals surface area contributed by atoms with Crippen LogP contribution in [0.25, 0.3) is 0 Å². The van der Waals surface area contributed by atoms with Crippen molar-refractivity contribution in [2.24, 2.45) is 5.92 Å². The number of carboxylic acids is 1. The lowest BCUT2D eigenvalue weighted by Gasteiger charge is -2.24. The fraction of sp³-hybridized carbons (Fsp3) is 0.429. The summed E-state index contributed by atoms with van der Waals surface area (Å²) in [6.07, 6.45) is 1.22. The van der Waals surface area contributed by atoms with E-state index in [1.807, 2.05) is 0 Å². The van der Waals surface area contributed by atoms with Gasteiger partial charge in [0.1, 0.15) is 0 Å². The van der Waals surface area contributed by atoms with Gasteiger partial charge in [-0.3, -0.25) is 4.79 Å². The highest BCUT2D eigenvalue weighted by atomic mass is 35.5. The Hall–Kier alpha value is -1.59. The predicted molar refractivity (Wildman–Crippen MR) is 73.5 cm³/mol. The summed E-state index contributed by atoms with van der Waals surface area (Å²) in [5.41, 5.74) is 0.391. The number of rotatable bonds is 4. The van der Waals surface area contributed by atoms with E-state index in [-0.39, 0.29) is 11.8 Å². The van der Waals surface area contributed by atoms with Crippen molar-refractivity contribution >= 4 is 23.5 Å². The second kappa shape index (κ2) is 6.72. The molecule has 20 heavy (non-hydrogen) atoms. The first-order valence-electron chi connectivity index (χ1n) is 6.45. The molecule has 5 nitrogen and oxygen atoms in total. The normalized spacial score (nSPS) is 17.4. The van der Waals surface area contributed by atoms with Gasteiger partial charge in [-0.1, -0.05) is 29.8 Å². The van der Waals surface area contributed by atoms with Gasteiger partial charge in [-0.25, -0.2) is 4.79 Å². The van der Waals surface area contributed by atoms with Gasteiger partial charge in [-0.2, -0.15) is 0 Å². The van der Waals surface area contributed by atoms with Crippen molar-refractivity contribution in [2.45, 2.75) is 18.9 Å². The highest BCUT2D eigenvalue weighted by Crippen LogP contribution is 2.24. The van der Waals surface area contributed by atoms with Crippen LogP contribution in [-0.2, 0) is 14.3 Å². The molecular formula is C14H16ClNO4. The number of benzene rings is 1. The van der Waals surface area contributed by atoms with Gasteiger partial charge in [-0.05, 0) is 18.9 Å². The molecule has 1 aliphatic heterocycles. The van der Waals surface area contributed by atoms with Crippen LogP contribution in [0, 0.1) is 5.92 Å². The highest BCUT2D eigenvalue weighted by Gasteiger charge is 2.28. The smallest absolute Gasteiger partial charge is 0.330 e. The molecule has 0 unspecified atom stereocenters. The van der Waals surface area contributed by atoms with E-state index in [4.69, 9.17) is 16.3 Å². The second-order valence-corrected chi connectivity index (χ2v) is 5.10. The van der Waals surface area contributed by atoms with Crippen LogP contribution in [-0.4, -0.2) is 30.2 Å². The maximum atomic E-state index is 12.1. The number of hydrogen-bond acceptors (Lipinski definition) is 3. The van der Waals surface area contributed by atoms with Crippen molar-refractivity contribution < 1.29 is 19.4 Å². The van der Waals surface area contributed by atoms with Crippen LogP contribution in [0.5, 0.6) is 0 Å². The number of ether oxygens (including phenoxy) is 1. The van der Waals surface area contributed by atoms with Crippen molar-refractivity contribution in [3.05, 3.63) is 34.9 Å². The maximum absolute atomic E-state index is 12.1. The van der Waals surface area contributed by atoms with Gasteiger partial charge in [-0.15, -0.1) is 0 Å². The second-order valence-electron chi connectivity index (χ2n) is 4.69. The Morgan fingerprint density at radius 1 is 1.30 bits per heavy atom. The molecule has 0 bridgehead atoms. The summed E-state index contributed by atoms with van der Waals surface area (Å²) < 4.78 is 5.19. The Bertz CT molecular complexity index is 500. The molecule has 1 amide bonds. The van der Waals surface area contributed by atoms with Crippen molar-refractivity contribution in [3.63, 3.8) is 0 Å². The van der Waals surface area contributed by atoms with E-state index in [0.717, 1.165) is 0 Å². The number of carbonyl (C=O) groups excluding carboxylic acids is 1. The molecule has 2 N–H and O–H groups in total. The third-order valence-corrected chi connectivity index (χ3v) is 3.69. The summed E-state index contributed by atoms with van der Waals surface area (Å²) in [5.74, 6) is -1.59. The molecule has 1 aliphatic rings. The number of carboxylic acid groups (broad SMARTS) is 1. The standard InChI is InChI=1S/C14H16ClNO4/c15-11-4-2-1-3-10(11)12(14(18)19)16-13(17)9-5-7-20-8-6-9/h1-4,9,12H,5-8H2,(H,16,17)(H,18,19)/t12-/m1/s1. The van der Waals surface area contributed by atoms with E-state index in [1.54, 1.807) is 24.3 Å². The monoisotopic (exact) mass is 297 g/mol. The van der Waals surface area contributed by atoms with Crippen LogP contribution in [0.15, 0.2) is 24.3 Å². The van der Waals surface area contributed by atoms with E-state index in [9.17, 15) is 14.7 Å². The maximum Gasteiger partial charge on any atom is 0.330 e. The third kappa shape index (κ3) is 3.49. The van der Waals surface area contributed by atoms with Crippen LogP contribution >= 0.6 is 11.6 Å². The summed E-state index contributed by atoms with van der Waals surface area (Å²) >= 11 is 6.00. The highest BCUT2D eigenvalue weighted by molar-refractivity contribution is 6.31. The summed E-state index contributed by atoms with van der Waals surface area (Å²) in [6.45, 7) is 1.06. The first-order valence-corrected chi connectivity index (χ1v) is 6.82. The number of halogens is 1. The SMILES string of the molecule is O=C(N[C@@H](C(=O)O)c1ccccc1Cl)C1CCOCC1. The first-order chi connectivity index (χ1) is 9.59. The molecule has 0 radical (unpaired) electrons. The lowest BCUT2D eigenvalue weighted by molar-refractivity contribution is -0.143. The number of nitrogens with one attached hydrogen (secondary N) is 1. The molecule has 6 heteroatoms. The van der Waals surface area contributed by atoms with Gasteiger partial charge in [0, 0.05) is 29.7 Å². The summed E-state index contributed by atoms with van der Waals surface area (Å²) in [4.78, 5) is 23.5. The molecule has 1 atom stereocenters. The molecule has 108 valence electrons. The van der Waals surface area contributed by atoms with Crippen LogP contribution in [0.1, 0.15) is 24.4 Å². The quantitative estimate of drug-likeness (QED) is 0.891. The average Bonchev–Trinajstić information content (AvgIpc) is 2.46. The van der Waals surface area contributed by atoms with Gasteiger partial charge in [0.15, 0.2) is 6.04 Å². The summed E-state index contributed by atoms with van der Waals surface area (Å²) in [7, 11) is 0. The Morgan fingerprint density at radius 2 is 1.95 bits per heavy atom.